The molecule has 0 fully saturated rings. The van der Waals surface area contributed by atoms with Gasteiger partial charge in [-0.25, -0.2) is 15.0 Å². The van der Waals surface area contributed by atoms with Gasteiger partial charge in [0.05, 0.1) is 0 Å². The number of hydrogen-bond donors (Lipinski definition) is 1. The molecule has 0 aliphatic carbocycles. The number of nitrogens with zero attached hydrogens (tertiary/aromatic N) is 3. The van der Waals surface area contributed by atoms with Gasteiger partial charge in [-0.3, -0.25) is 0 Å². The Morgan fingerprint density at radius 1 is 0.600 bits per heavy atom. The Kier molecular flexibility index (Phi) is 15.4. The van der Waals surface area contributed by atoms with Crippen molar-refractivity contribution in [2.75, 3.05) is 11.9 Å². The molecule has 144 valence electrons. The second-order valence-electron chi connectivity index (χ2n) is 7.19. The molecule has 0 aliphatic rings. The third kappa shape index (κ3) is 14.8. The normalized spacial score (nSPS) is 10.9. The minimum absolute atomic E-state index is 0.691. The number of unbranched alkanes of at least 4 members (excludes halogenated alkanes) is 15. The topological polar surface area (TPSA) is 50.7 Å². The Morgan fingerprint density at radius 3 is 1.44 bits per heavy atom. The van der Waals surface area contributed by atoms with Crippen LogP contribution in [0.15, 0.2) is 12.7 Å². The predicted octanol–water partition coefficient (Wildman–Crippen LogP) is 6.55. The molecule has 0 saturated heterocycles. The van der Waals surface area contributed by atoms with Crippen molar-refractivity contribution >= 4 is 5.95 Å². The molecule has 0 atom stereocenters. The molecule has 25 heavy (non-hydrogen) atoms. The highest BCUT2D eigenvalue weighted by Crippen LogP contribution is 2.13. The first-order valence-electron chi connectivity index (χ1n) is 10.8. The first kappa shape index (κ1) is 21.9. The van der Waals surface area contributed by atoms with Crippen molar-refractivity contribution in [3.63, 3.8) is 0 Å². The molecule has 0 radical (unpaired) electrons. The molecule has 0 amide bonds. The fourth-order valence-corrected chi connectivity index (χ4v) is 3.20. The highest BCUT2D eigenvalue weighted by Gasteiger charge is 1.95. The van der Waals surface area contributed by atoms with Crippen LogP contribution in [0.25, 0.3) is 0 Å². The van der Waals surface area contributed by atoms with Crippen LogP contribution in [0.1, 0.15) is 110 Å². The zero-order chi connectivity index (χ0) is 17.8. The maximum Gasteiger partial charge on any atom is 0.225 e. The number of aromatic nitrogens is 3. The monoisotopic (exact) mass is 348 g/mol. The summed E-state index contributed by atoms with van der Waals surface area (Å²) in [6, 6.07) is 0. The summed E-state index contributed by atoms with van der Waals surface area (Å²) >= 11 is 0. The summed E-state index contributed by atoms with van der Waals surface area (Å²) in [5, 5.41) is 3.23. The van der Waals surface area contributed by atoms with Crippen LogP contribution in [-0.4, -0.2) is 21.5 Å². The van der Waals surface area contributed by atoms with Gasteiger partial charge < -0.3 is 5.32 Å². The second kappa shape index (κ2) is 17.6. The van der Waals surface area contributed by atoms with Crippen LogP contribution >= 0.6 is 0 Å². The van der Waals surface area contributed by atoms with Crippen LogP contribution in [0.4, 0.5) is 5.95 Å². The van der Waals surface area contributed by atoms with Crippen LogP contribution in [0, 0.1) is 0 Å². The number of hydrogen-bond acceptors (Lipinski definition) is 4. The Hall–Kier alpha value is -1.19. The summed E-state index contributed by atoms with van der Waals surface area (Å²) < 4.78 is 0. The SMILES string of the molecule is CCCCCCCCCCCCCCCCCCNc1ncncn1. The molecule has 4 nitrogen and oxygen atoms in total. The molecule has 4 heteroatoms. The molecule has 0 bridgehead atoms. The van der Waals surface area contributed by atoms with E-state index in [1.165, 1.54) is 115 Å². The molecule has 0 unspecified atom stereocenters. The Bertz CT molecular complexity index is 369. The van der Waals surface area contributed by atoms with Crippen LogP contribution in [0.3, 0.4) is 0 Å². The maximum atomic E-state index is 4.06. The fourth-order valence-electron chi connectivity index (χ4n) is 3.20. The summed E-state index contributed by atoms with van der Waals surface area (Å²) in [5.41, 5.74) is 0. The second-order valence-corrected chi connectivity index (χ2v) is 7.19. The van der Waals surface area contributed by atoms with Gasteiger partial charge in [-0.05, 0) is 6.42 Å². The van der Waals surface area contributed by atoms with Gasteiger partial charge >= 0.3 is 0 Å². The average molecular weight is 349 g/mol. The molecule has 0 saturated carbocycles. The average Bonchev–Trinajstić information content (AvgIpc) is 2.65. The van der Waals surface area contributed by atoms with Crippen molar-refractivity contribution < 1.29 is 0 Å². The van der Waals surface area contributed by atoms with Gasteiger partial charge in [0.1, 0.15) is 12.7 Å². The van der Waals surface area contributed by atoms with Crippen LogP contribution < -0.4 is 5.32 Å². The summed E-state index contributed by atoms with van der Waals surface area (Å²) in [4.78, 5) is 11.9. The van der Waals surface area contributed by atoms with E-state index in [1.54, 1.807) is 0 Å². The van der Waals surface area contributed by atoms with E-state index in [0.29, 0.717) is 5.95 Å². The van der Waals surface area contributed by atoms with Crippen molar-refractivity contribution in [3.8, 4) is 0 Å². The molecule has 0 aromatic carbocycles. The molecule has 1 rings (SSSR count). The van der Waals surface area contributed by atoms with E-state index in [1.807, 2.05) is 0 Å². The lowest BCUT2D eigenvalue weighted by molar-refractivity contribution is 0.530. The lowest BCUT2D eigenvalue weighted by Gasteiger charge is -2.04. The molecule has 1 N–H and O–H groups in total. The standard InChI is InChI=1S/C21H40N4/c1-2-3-4-5-6-7-8-9-10-11-12-13-14-15-16-17-18-23-21-24-19-22-20-25-21/h19-20H,2-18H2,1H3,(H,22,23,24,25). The molecule has 1 heterocycles. The van der Waals surface area contributed by atoms with E-state index in [-0.39, 0.29) is 0 Å². The Morgan fingerprint density at radius 2 is 1.00 bits per heavy atom. The minimum Gasteiger partial charge on any atom is -0.354 e. The number of anilines is 1. The molecular formula is C21H40N4. The smallest absolute Gasteiger partial charge is 0.225 e. The highest BCUT2D eigenvalue weighted by atomic mass is 15.1. The first-order chi connectivity index (χ1) is 12.4. The summed E-state index contributed by atoms with van der Waals surface area (Å²) in [6.45, 7) is 3.25. The van der Waals surface area contributed by atoms with E-state index in [2.05, 4.69) is 27.2 Å². The molecule has 0 aliphatic heterocycles. The third-order valence-corrected chi connectivity index (χ3v) is 4.81. The fraction of sp³-hybridized carbons (Fsp3) is 0.857. The van der Waals surface area contributed by atoms with E-state index in [9.17, 15) is 0 Å². The summed E-state index contributed by atoms with van der Waals surface area (Å²) in [5.74, 6) is 0.691. The van der Waals surface area contributed by atoms with Gasteiger partial charge in [0.25, 0.3) is 0 Å². The van der Waals surface area contributed by atoms with Crippen molar-refractivity contribution in [2.45, 2.75) is 110 Å². The zero-order valence-corrected chi connectivity index (χ0v) is 16.5. The van der Waals surface area contributed by atoms with Crippen molar-refractivity contribution in [3.05, 3.63) is 12.7 Å². The molecular weight excluding hydrogens is 308 g/mol. The lowest BCUT2D eigenvalue weighted by atomic mass is 10.0. The van der Waals surface area contributed by atoms with E-state index in [4.69, 9.17) is 0 Å². The highest BCUT2D eigenvalue weighted by molar-refractivity contribution is 5.19. The number of rotatable bonds is 18. The molecule has 1 aromatic rings. The zero-order valence-electron chi connectivity index (χ0n) is 16.5. The lowest BCUT2D eigenvalue weighted by Crippen LogP contribution is -2.05. The van der Waals surface area contributed by atoms with Crippen LogP contribution in [-0.2, 0) is 0 Å². The predicted molar refractivity (Wildman–Crippen MR) is 108 cm³/mol. The van der Waals surface area contributed by atoms with E-state index < -0.39 is 0 Å². The van der Waals surface area contributed by atoms with Gasteiger partial charge in [-0.2, -0.15) is 0 Å². The Balaban J connectivity index is 1.69. The Labute approximate surface area is 155 Å². The summed E-state index contributed by atoms with van der Waals surface area (Å²) in [7, 11) is 0. The largest absolute Gasteiger partial charge is 0.354 e. The van der Waals surface area contributed by atoms with Crippen molar-refractivity contribution in [2.24, 2.45) is 0 Å². The van der Waals surface area contributed by atoms with Gasteiger partial charge in [0.15, 0.2) is 0 Å². The minimum atomic E-state index is 0.691. The van der Waals surface area contributed by atoms with E-state index in [0.717, 1.165) is 6.54 Å². The molecule has 0 spiro atoms. The quantitative estimate of drug-likeness (QED) is 0.306. The number of nitrogens with one attached hydrogen (secondary N) is 1. The summed E-state index contributed by atoms with van der Waals surface area (Å²) in [6.07, 6.45) is 25.6. The first-order valence-corrected chi connectivity index (χ1v) is 10.8. The van der Waals surface area contributed by atoms with Crippen molar-refractivity contribution in [1.82, 2.24) is 15.0 Å². The van der Waals surface area contributed by atoms with Gasteiger partial charge in [0.2, 0.25) is 5.95 Å². The van der Waals surface area contributed by atoms with Gasteiger partial charge in [-0.15, -0.1) is 0 Å². The van der Waals surface area contributed by atoms with Crippen LogP contribution in [0.2, 0.25) is 0 Å². The van der Waals surface area contributed by atoms with Gasteiger partial charge in [-0.1, -0.05) is 103 Å². The molecule has 1 aromatic heterocycles. The van der Waals surface area contributed by atoms with Gasteiger partial charge in [0, 0.05) is 6.54 Å². The van der Waals surface area contributed by atoms with E-state index >= 15 is 0 Å². The van der Waals surface area contributed by atoms with Crippen LogP contribution in [0.5, 0.6) is 0 Å². The third-order valence-electron chi connectivity index (χ3n) is 4.81. The van der Waals surface area contributed by atoms with Crippen molar-refractivity contribution in [1.29, 1.82) is 0 Å². The maximum absolute atomic E-state index is 4.06.